The van der Waals surface area contributed by atoms with Gasteiger partial charge >= 0.3 is 5.97 Å². The Balaban J connectivity index is 2.71. The first-order valence-corrected chi connectivity index (χ1v) is 5.96. The third-order valence-electron chi connectivity index (χ3n) is 2.43. The van der Waals surface area contributed by atoms with Crippen molar-refractivity contribution < 1.29 is 19.4 Å². The van der Waals surface area contributed by atoms with E-state index in [1.807, 2.05) is 6.92 Å². The van der Waals surface area contributed by atoms with Crippen molar-refractivity contribution >= 4 is 11.9 Å². The zero-order chi connectivity index (χ0) is 14.3. The average molecular weight is 263 g/mol. The lowest BCUT2D eigenvalue weighted by Gasteiger charge is -2.12. The summed E-state index contributed by atoms with van der Waals surface area (Å²) >= 11 is 0. The Morgan fingerprint density at radius 1 is 1.42 bits per heavy atom. The molecule has 1 amide bonds. The van der Waals surface area contributed by atoms with Crippen LogP contribution in [0.2, 0.25) is 0 Å². The summed E-state index contributed by atoms with van der Waals surface area (Å²) in [6.07, 6.45) is 1.63. The van der Waals surface area contributed by atoms with E-state index in [0.717, 1.165) is 0 Å². The van der Waals surface area contributed by atoms with Crippen LogP contribution in [0.25, 0.3) is 0 Å². The number of hydrogen-bond acceptors (Lipinski definition) is 3. The number of hydrogen-bond donors (Lipinski definition) is 2. The van der Waals surface area contributed by atoms with Gasteiger partial charge in [-0.3, -0.25) is 4.79 Å². The Labute approximate surface area is 111 Å². The van der Waals surface area contributed by atoms with Gasteiger partial charge in [-0.1, -0.05) is 6.08 Å². The van der Waals surface area contributed by atoms with Gasteiger partial charge in [-0.2, -0.15) is 0 Å². The minimum Gasteiger partial charge on any atom is -0.494 e. The van der Waals surface area contributed by atoms with Gasteiger partial charge in [0.2, 0.25) is 0 Å². The highest BCUT2D eigenvalue weighted by atomic mass is 16.5. The second-order valence-electron chi connectivity index (χ2n) is 3.85. The van der Waals surface area contributed by atoms with Gasteiger partial charge in [0.25, 0.3) is 5.91 Å². The maximum Gasteiger partial charge on any atom is 0.326 e. The number of nitrogens with one attached hydrogen (secondary N) is 1. The molecule has 19 heavy (non-hydrogen) atoms. The third-order valence-corrected chi connectivity index (χ3v) is 2.43. The molecule has 1 aromatic carbocycles. The SMILES string of the molecule is C=CCC(NC(=O)c1ccc(OCC)cc1)C(=O)O. The molecule has 0 bridgehead atoms. The minimum atomic E-state index is -1.08. The number of carboxylic acid groups (broad SMARTS) is 1. The summed E-state index contributed by atoms with van der Waals surface area (Å²) in [6, 6.07) is 5.56. The van der Waals surface area contributed by atoms with Gasteiger partial charge in [0.05, 0.1) is 6.61 Å². The zero-order valence-corrected chi connectivity index (χ0v) is 10.8. The molecule has 0 fully saturated rings. The van der Waals surface area contributed by atoms with Crippen LogP contribution in [0.5, 0.6) is 5.75 Å². The molecule has 0 aromatic heterocycles. The summed E-state index contributed by atoms with van der Waals surface area (Å²) in [6.45, 7) is 5.88. The Bertz CT molecular complexity index is 453. The first kappa shape index (κ1) is 14.8. The summed E-state index contributed by atoms with van der Waals surface area (Å²) in [7, 11) is 0. The molecular formula is C14H17NO4. The minimum absolute atomic E-state index is 0.179. The first-order valence-electron chi connectivity index (χ1n) is 5.96. The normalized spacial score (nSPS) is 11.4. The Hall–Kier alpha value is -2.30. The largest absolute Gasteiger partial charge is 0.494 e. The van der Waals surface area contributed by atoms with Crippen LogP contribution in [0.15, 0.2) is 36.9 Å². The van der Waals surface area contributed by atoms with Crippen molar-refractivity contribution in [3.05, 3.63) is 42.5 Å². The van der Waals surface area contributed by atoms with E-state index >= 15 is 0 Å². The maximum atomic E-state index is 11.9. The number of carbonyl (C=O) groups excluding carboxylic acids is 1. The van der Waals surface area contributed by atoms with E-state index in [4.69, 9.17) is 9.84 Å². The lowest BCUT2D eigenvalue weighted by Crippen LogP contribution is -2.40. The summed E-state index contributed by atoms with van der Waals surface area (Å²) in [5, 5.41) is 11.4. The predicted octanol–water partition coefficient (Wildman–Crippen LogP) is 1.84. The van der Waals surface area contributed by atoms with Crippen molar-refractivity contribution in [1.29, 1.82) is 0 Å². The smallest absolute Gasteiger partial charge is 0.326 e. The number of ether oxygens (including phenoxy) is 1. The van der Waals surface area contributed by atoms with Gasteiger partial charge in [-0.15, -0.1) is 6.58 Å². The van der Waals surface area contributed by atoms with Crippen molar-refractivity contribution in [3.8, 4) is 5.75 Å². The third kappa shape index (κ3) is 4.46. The van der Waals surface area contributed by atoms with E-state index in [0.29, 0.717) is 17.9 Å². The van der Waals surface area contributed by atoms with Crippen molar-refractivity contribution in [3.63, 3.8) is 0 Å². The number of rotatable bonds is 7. The highest BCUT2D eigenvalue weighted by Crippen LogP contribution is 2.12. The monoisotopic (exact) mass is 263 g/mol. The topological polar surface area (TPSA) is 75.6 Å². The van der Waals surface area contributed by atoms with Crippen LogP contribution in [-0.4, -0.2) is 29.6 Å². The second-order valence-corrected chi connectivity index (χ2v) is 3.85. The molecule has 0 radical (unpaired) electrons. The molecule has 0 aliphatic rings. The van der Waals surface area contributed by atoms with E-state index in [1.54, 1.807) is 24.3 Å². The molecule has 2 N–H and O–H groups in total. The van der Waals surface area contributed by atoms with Crippen LogP contribution in [0.3, 0.4) is 0 Å². The van der Waals surface area contributed by atoms with Gasteiger partial charge < -0.3 is 15.2 Å². The fraction of sp³-hybridized carbons (Fsp3) is 0.286. The molecule has 1 atom stereocenters. The van der Waals surface area contributed by atoms with Crippen LogP contribution < -0.4 is 10.1 Å². The zero-order valence-electron chi connectivity index (χ0n) is 10.8. The van der Waals surface area contributed by atoms with Crippen LogP contribution in [0.4, 0.5) is 0 Å². The van der Waals surface area contributed by atoms with E-state index in [2.05, 4.69) is 11.9 Å². The summed E-state index contributed by atoms with van der Waals surface area (Å²) in [5.74, 6) is -0.851. The van der Waals surface area contributed by atoms with Crippen molar-refractivity contribution in [2.24, 2.45) is 0 Å². The van der Waals surface area contributed by atoms with Crippen LogP contribution in [0.1, 0.15) is 23.7 Å². The molecule has 0 spiro atoms. The highest BCUT2D eigenvalue weighted by molar-refractivity contribution is 5.96. The number of aliphatic carboxylic acids is 1. The van der Waals surface area contributed by atoms with Gasteiger partial charge in [0.1, 0.15) is 11.8 Å². The lowest BCUT2D eigenvalue weighted by molar-refractivity contribution is -0.139. The molecule has 0 saturated heterocycles. The van der Waals surface area contributed by atoms with Crippen molar-refractivity contribution in [1.82, 2.24) is 5.32 Å². The molecule has 0 heterocycles. The van der Waals surface area contributed by atoms with Crippen molar-refractivity contribution in [2.45, 2.75) is 19.4 Å². The molecule has 5 nitrogen and oxygen atoms in total. The summed E-state index contributed by atoms with van der Waals surface area (Å²) < 4.78 is 5.26. The summed E-state index contributed by atoms with van der Waals surface area (Å²) in [4.78, 5) is 22.8. The number of benzene rings is 1. The lowest BCUT2D eigenvalue weighted by atomic mass is 10.1. The van der Waals surface area contributed by atoms with Gasteiger partial charge in [-0.25, -0.2) is 4.79 Å². The van der Waals surface area contributed by atoms with E-state index in [-0.39, 0.29) is 6.42 Å². The molecule has 1 unspecified atom stereocenters. The molecule has 0 saturated carbocycles. The van der Waals surface area contributed by atoms with Crippen LogP contribution >= 0.6 is 0 Å². The molecular weight excluding hydrogens is 246 g/mol. The van der Waals surface area contributed by atoms with Gasteiger partial charge in [0.15, 0.2) is 0 Å². The van der Waals surface area contributed by atoms with Gasteiger partial charge in [-0.05, 0) is 37.6 Å². The number of carbonyl (C=O) groups is 2. The highest BCUT2D eigenvalue weighted by Gasteiger charge is 2.18. The van der Waals surface area contributed by atoms with Crippen molar-refractivity contribution in [2.75, 3.05) is 6.61 Å². The number of carboxylic acids is 1. The fourth-order valence-electron chi connectivity index (χ4n) is 1.50. The molecule has 5 heteroatoms. The molecule has 1 aromatic rings. The van der Waals surface area contributed by atoms with E-state index in [1.165, 1.54) is 6.08 Å². The Kier molecular flexibility index (Phi) is 5.60. The maximum absolute atomic E-state index is 11.9. The van der Waals surface area contributed by atoms with Crippen LogP contribution in [-0.2, 0) is 4.79 Å². The first-order chi connectivity index (χ1) is 9.08. The molecule has 102 valence electrons. The Morgan fingerprint density at radius 2 is 2.05 bits per heavy atom. The standard InChI is InChI=1S/C14H17NO4/c1-3-5-12(14(17)18)15-13(16)10-6-8-11(9-7-10)19-4-2/h3,6-9,12H,1,4-5H2,2H3,(H,15,16)(H,17,18). The quantitative estimate of drug-likeness (QED) is 0.736. The fourth-order valence-corrected chi connectivity index (χ4v) is 1.50. The van der Waals surface area contributed by atoms with Crippen LogP contribution in [0, 0.1) is 0 Å². The molecule has 1 rings (SSSR count). The molecule has 0 aliphatic carbocycles. The summed E-state index contributed by atoms with van der Waals surface area (Å²) in [5.41, 5.74) is 0.388. The second kappa shape index (κ2) is 7.20. The van der Waals surface area contributed by atoms with E-state index < -0.39 is 17.9 Å². The van der Waals surface area contributed by atoms with Gasteiger partial charge in [0, 0.05) is 5.56 Å². The Morgan fingerprint density at radius 3 is 2.53 bits per heavy atom. The average Bonchev–Trinajstić information content (AvgIpc) is 2.39. The number of amides is 1. The molecule has 0 aliphatic heterocycles. The van der Waals surface area contributed by atoms with E-state index in [9.17, 15) is 9.59 Å². The predicted molar refractivity (Wildman–Crippen MR) is 71.3 cm³/mol.